The summed E-state index contributed by atoms with van der Waals surface area (Å²) in [7, 11) is 1.71. The Bertz CT molecular complexity index is 464. The van der Waals surface area contributed by atoms with E-state index in [1.54, 1.807) is 11.9 Å². The maximum atomic E-state index is 12.1. The van der Waals surface area contributed by atoms with Crippen LogP contribution in [0, 0.1) is 0 Å². The molecular weight excluding hydrogens is 342 g/mol. The molecule has 0 aliphatic carbocycles. The fourth-order valence-corrected chi connectivity index (χ4v) is 2.90. The Morgan fingerprint density at radius 3 is 2.50 bits per heavy atom. The van der Waals surface area contributed by atoms with Crippen LogP contribution in [0.3, 0.4) is 0 Å². The third kappa shape index (κ3) is 5.96. The van der Waals surface area contributed by atoms with Gasteiger partial charge in [0.15, 0.2) is 0 Å². The van der Waals surface area contributed by atoms with Crippen LogP contribution in [0.2, 0.25) is 0 Å². The van der Waals surface area contributed by atoms with Crippen LogP contribution in [-0.4, -0.2) is 40.7 Å². The van der Waals surface area contributed by atoms with Crippen LogP contribution in [0.25, 0.3) is 0 Å². The number of hydrogen-bond acceptors (Lipinski definition) is 3. The average Bonchev–Trinajstić information content (AvgIpc) is 2.39. The quantitative estimate of drug-likeness (QED) is 0.759. The summed E-state index contributed by atoms with van der Waals surface area (Å²) in [4.78, 5) is 25.2. The second-order valence-corrected chi connectivity index (χ2v) is 6.80. The number of benzene rings is 1. The van der Waals surface area contributed by atoms with Crippen molar-refractivity contribution in [3.63, 3.8) is 0 Å². The van der Waals surface area contributed by atoms with Gasteiger partial charge in [-0.2, -0.15) is 0 Å². The first-order valence-electron chi connectivity index (χ1n) is 6.29. The molecule has 0 saturated heterocycles. The number of carboxylic acid groups (broad SMARTS) is 1. The van der Waals surface area contributed by atoms with Gasteiger partial charge in [0.05, 0.1) is 5.25 Å². The van der Waals surface area contributed by atoms with E-state index in [4.69, 9.17) is 5.11 Å². The Hall–Kier alpha value is -1.01. The molecule has 1 aromatic carbocycles. The molecule has 1 amide bonds. The molecule has 0 aromatic heterocycles. The van der Waals surface area contributed by atoms with Crippen molar-refractivity contribution in [2.24, 2.45) is 0 Å². The molecule has 0 spiro atoms. The Morgan fingerprint density at radius 1 is 1.35 bits per heavy atom. The number of aliphatic carboxylic acids is 1. The van der Waals surface area contributed by atoms with Gasteiger partial charge in [-0.05, 0) is 37.6 Å². The highest BCUT2D eigenvalue weighted by Gasteiger charge is 2.18. The molecule has 1 rings (SSSR count). The molecule has 0 heterocycles. The second-order valence-electron chi connectivity index (χ2n) is 4.47. The lowest BCUT2D eigenvalue weighted by molar-refractivity contribution is -0.137. The molecule has 0 aliphatic rings. The van der Waals surface area contributed by atoms with E-state index in [-0.39, 0.29) is 17.6 Å². The van der Waals surface area contributed by atoms with Crippen molar-refractivity contribution in [1.29, 1.82) is 0 Å². The van der Waals surface area contributed by atoms with Crippen molar-refractivity contribution in [3.8, 4) is 0 Å². The Balaban J connectivity index is 2.45. The Labute approximate surface area is 131 Å². The minimum Gasteiger partial charge on any atom is -0.481 e. The number of thioether (sulfide) groups is 1. The topological polar surface area (TPSA) is 57.6 Å². The molecular formula is C14H18BrNO3S. The molecule has 0 radical (unpaired) electrons. The molecule has 1 aromatic rings. The number of carbonyl (C=O) groups is 2. The summed E-state index contributed by atoms with van der Waals surface area (Å²) < 4.78 is 1.01. The van der Waals surface area contributed by atoms with Gasteiger partial charge in [-0.15, -0.1) is 11.8 Å². The van der Waals surface area contributed by atoms with Crippen LogP contribution in [-0.2, 0) is 9.59 Å². The SMILES string of the molecule is CC(Sc1ccc(Br)cc1)C(=O)N(C)CCCC(=O)O. The number of amides is 1. The maximum Gasteiger partial charge on any atom is 0.303 e. The summed E-state index contributed by atoms with van der Waals surface area (Å²) in [6, 6.07) is 7.80. The lowest BCUT2D eigenvalue weighted by Gasteiger charge is -2.20. The third-order valence-electron chi connectivity index (χ3n) is 2.73. The van der Waals surface area contributed by atoms with E-state index in [1.165, 1.54) is 11.8 Å². The summed E-state index contributed by atoms with van der Waals surface area (Å²) in [5, 5.41) is 8.39. The van der Waals surface area contributed by atoms with Crippen LogP contribution >= 0.6 is 27.7 Å². The zero-order valence-electron chi connectivity index (χ0n) is 11.5. The standard InChI is InChI=1S/C14H18BrNO3S/c1-10(20-12-7-5-11(15)6-8-12)14(19)16(2)9-3-4-13(17)18/h5-8,10H,3-4,9H2,1-2H3,(H,17,18). The van der Waals surface area contributed by atoms with Crippen molar-refractivity contribution in [1.82, 2.24) is 4.90 Å². The molecule has 0 saturated carbocycles. The number of nitrogens with zero attached hydrogens (tertiary/aromatic N) is 1. The van der Waals surface area contributed by atoms with Gasteiger partial charge in [0.25, 0.3) is 0 Å². The Kier molecular flexibility index (Phi) is 7.09. The van der Waals surface area contributed by atoms with E-state index in [9.17, 15) is 9.59 Å². The van der Waals surface area contributed by atoms with Crippen molar-refractivity contribution < 1.29 is 14.7 Å². The molecule has 110 valence electrons. The van der Waals surface area contributed by atoms with Gasteiger partial charge in [0.1, 0.15) is 0 Å². The van der Waals surface area contributed by atoms with E-state index in [1.807, 2.05) is 31.2 Å². The third-order valence-corrected chi connectivity index (χ3v) is 4.36. The van der Waals surface area contributed by atoms with Gasteiger partial charge in [-0.3, -0.25) is 9.59 Å². The highest BCUT2D eigenvalue weighted by molar-refractivity contribution is 9.10. The van der Waals surface area contributed by atoms with Crippen LogP contribution in [0.5, 0.6) is 0 Å². The van der Waals surface area contributed by atoms with E-state index in [0.29, 0.717) is 13.0 Å². The first-order valence-corrected chi connectivity index (χ1v) is 7.96. The predicted molar refractivity (Wildman–Crippen MR) is 84.0 cm³/mol. The summed E-state index contributed by atoms with van der Waals surface area (Å²) in [5.74, 6) is -0.813. The minimum absolute atomic E-state index is 0.0170. The normalized spacial score (nSPS) is 11.9. The fraction of sp³-hybridized carbons (Fsp3) is 0.429. The van der Waals surface area contributed by atoms with Gasteiger partial charge < -0.3 is 10.0 Å². The number of hydrogen-bond donors (Lipinski definition) is 1. The molecule has 1 unspecified atom stereocenters. The first-order chi connectivity index (χ1) is 9.40. The Morgan fingerprint density at radius 2 is 1.95 bits per heavy atom. The lowest BCUT2D eigenvalue weighted by atomic mass is 10.3. The number of halogens is 1. The molecule has 0 bridgehead atoms. The van der Waals surface area contributed by atoms with Gasteiger partial charge in [0, 0.05) is 29.4 Å². The number of carbonyl (C=O) groups excluding carboxylic acids is 1. The van der Waals surface area contributed by atoms with Crippen molar-refractivity contribution >= 4 is 39.6 Å². The fourth-order valence-electron chi connectivity index (χ4n) is 1.66. The highest BCUT2D eigenvalue weighted by Crippen LogP contribution is 2.25. The van der Waals surface area contributed by atoms with Gasteiger partial charge in [0.2, 0.25) is 5.91 Å². The highest BCUT2D eigenvalue weighted by atomic mass is 79.9. The molecule has 4 nitrogen and oxygen atoms in total. The summed E-state index contributed by atoms with van der Waals surface area (Å²) in [5.41, 5.74) is 0. The summed E-state index contributed by atoms with van der Waals surface area (Å²) >= 11 is 4.87. The first kappa shape index (κ1) is 17.0. The molecule has 1 N–H and O–H groups in total. The molecule has 0 aliphatic heterocycles. The zero-order chi connectivity index (χ0) is 15.1. The van der Waals surface area contributed by atoms with E-state index < -0.39 is 5.97 Å². The summed E-state index contributed by atoms with van der Waals surface area (Å²) in [6.45, 7) is 2.33. The zero-order valence-corrected chi connectivity index (χ0v) is 13.9. The molecule has 20 heavy (non-hydrogen) atoms. The smallest absolute Gasteiger partial charge is 0.303 e. The molecule has 1 atom stereocenters. The summed E-state index contributed by atoms with van der Waals surface area (Å²) in [6.07, 6.45) is 0.569. The number of rotatable bonds is 7. The van der Waals surface area contributed by atoms with Crippen molar-refractivity contribution in [2.75, 3.05) is 13.6 Å². The largest absolute Gasteiger partial charge is 0.481 e. The van der Waals surface area contributed by atoms with Crippen LogP contribution in [0.4, 0.5) is 0 Å². The lowest BCUT2D eigenvalue weighted by Crippen LogP contribution is -2.34. The average molecular weight is 360 g/mol. The second kappa shape index (κ2) is 8.32. The molecule has 0 fully saturated rings. The maximum absolute atomic E-state index is 12.1. The van der Waals surface area contributed by atoms with E-state index >= 15 is 0 Å². The van der Waals surface area contributed by atoms with E-state index in [2.05, 4.69) is 15.9 Å². The van der Waals surface area contributed by atoms with Gasteiger partial charge in [-0.25, -0.2) is 0 Å². The van der Waals surface area contributed by atoms with Crippen LogP contribution in [0.1, 0.15) is 19.8 Å². The monoisotopic (exact) mass is 359 g/mol. The number of carboxylic acids is 1. The molecule has 6 heteroatoms. The van der Waals surface area contributed by atoms with Crippen LogP contribution in [0.15, 0.2) is 33.6 Å². The minimum atomic E-state index is -0.830. The van der Waals surface area contributed by atoms with Crippen molar-refractivity contribution in [3.05, 3.63) is 28.7 Å². The van der Waals surface area contributed by atoms with Crippen LogP contribution < -0.4 is 0 Å². The van der Waals surface area contributed by atoms with Gasteiger partial charge in [-0.1, -0.05) is 15.9 Å². The van der Waals surface area contributed by atoms with Gasteiger partial charge >= 0.3 is 5.97 Å². The predicted octanol–water partition coefficient (Wildman–Crippen LogP) is 3.25. The van der Waals surface area contributed by atoms with Crippen molar-refractivity contribution in [2.45, 2.75) is 29.9 Å². The van der Waals surface area contributed by atoms with E-state index in [0.717, 1.165) is 9.37 Å².